The van der Waals surface area contributed by atoms with Crippen molar-refractivity contribution < 1.29 is 8.42 Å². The first-order valence-electron chi connectivity index (χ1n) is 6.57. The average Bonchev–Trinajstić information content (AvgIpc) is 2.77. The number of nitrogen functional groups attached to an aromatic ring is 1. The van der Waals surface area contributed by atoms with Crippen LogP contribution in [0.4, 0.5) is 5.69 Å². The van der Waals surface area contributed by atoms with Crippen LogP contribution in [0.5, 0.6) is 0 Å². The van der Waals surface area contributed by atoms with E-state index in [1.807, 2.05) is 7.05 Å². The van der Waals surface area contributed by atoms with E-state index in [1.54, 1.807) is 13.0 Å². The molecule has 1 aliphatic heterocycles. The van der Waals surface area contributed by atoms with E-state index in [1.165, 1.54) is 6.07 Å². The Morgan fingerprint density at radius 2 is 2.20 bits per heavy atom. The lowest BCUT2D eigenvalue weighted by molar-refractivity contribution is 0.311. The molecule has 20 heavy (non-hydrogen) atoms. The standard InChI is InChI=1S/C13H20ClN3O2S/c1-9-6-11(14)12(15)7-13(9)20(18,19)16-8-10-4-3-5-17(10)2/h6-7,10,16H,3-5,8,15H2,1-2H3. The largest absolute Gasteiger partial charge is 0.397 e. The van der Waals surface area contributed by atoms with E-state index in [4.69, 9.17) is 17.3 Å². The summed E-state index contributed by atoms with van der Waals surface area (Å²) in [5.74, 6) is 0. The number of hydrogen-bond donors (Lipinski definition) is 2. The molecule has 2 rings (SSSR count). The van der Waals surface area contributed by atoms with Crippen LogP contribution in [0.25, 0.3) is 0 Å². The Labute approximate surface area is 125 Å². The first-order valence-corrected chi connectivity index (χ1v) is 8.43. The maximum atomic E-state index is 12.4. The van der Waals surface area contributed by atoms with E-state index in [9.17, 15) is 8.42 Å². The summed E-state index contributed by atoms with van der Waals surface area (Å²) in [6.45, 7) is 3.14. The van der Waals surface area contributed by atoms with Gasteiger partial charge in [-0.3, -0.25) is 0 Å². The van der Waals surface area contributed by atoms with Crippen LogP contribution in [0.15, 0.2) is 17.0 Å². The highest BCUT2D eigenvalue weighted by atomic mass is 35.5. The molecule has 1 saturated heterocycles. The molecule has 0 saturated carbocycles. The second kappa shape index (κ2) is 5.89. The number of hydrogen-bond acceptors (Lipinski definition) is 4. The molecule has 7 heteroatoms. The number of halogens is 1. The van der Waals surface area contributed by atoms with Gasteiger partial charge in [-0.2, -0.15) is 0 Å². The minimum absolute atomic E-state index is 0.194. The molecule has 0 aromatic heterocycles. The van der Waals surface area contributed by atoms with E-state index in [-0.39, 0.29) is 16.6 Å². The zero-order chi connectivity index (χ0) is 14.9. The molecular weight excluding hydrogens is 298 g/mol. The van der Waals surface area contributed by atoms with E-state index >= 15 is 0 Å². The molecule has 0 amide bonds. The van der Waals surface area contributed by atoms with Gasteiger partial charge in [-0.05, 0) is 51.1 Å². The number of nitrogens with one attached hydrogen (secondary N) is 1. The molecule has 1 heterocycles. The van der Waals surface area contributed by atoms with Gasteiger partial charge in [-0.1, -0.05) is 11.6 Å². The fraction of sp³-hybridized carbons (Fsp3) is 0.538. The van der Waals surface area contributed by atoms with Gasteiger partial charge in [0.15, 0.2) is 0 Å². The lowest BCUT2D eigenvalue weighted by Crippen LogP contribution is -2.38. The van der Waals surface area contributed by atoms with Crippen molar-refractivity contribution in [1.82, 2.24) is 9.62 Å². The van der Waals surface area contributed by atoms with Crippen LogP contribution < -0.4 is 10.5 Å². The number of nitrogens with zero attached hydrogens (tertiary/aromatic N) is 1. The van der Waals surface area contributed by atoms with Crippen molar-refractivity contribution in [3.05, 3.63) is 22.7 Å². The van der Waals surface area contributed by atoms with Crippen molar-refractivity contribution in [1.29, 1.82) is 0 Å². The highest BCUT2D eigenvalue weighted by molar-refractivity contribution is 7.89. The monoisotopic (exact) mass is 317 g/mol. The minimum atomic E-state index is -3.56. The summed E-state index contributed by atoms with van der Waals surface area (Å²) in [4.78, 5) is 2.37. The van der Waals surface area contributed by atoms with Gasteiger partial charge in [0.2, 0.25) is 10.0 Å². The van der Waals surface area contributed by atoms with Gasteiger partial charge >= 0.3 is 0 Å². The van der Waals surface area contributed by atoms with Gasteiger partial charge in [0.25, 0.3) is 0 Å². The summed E-state index contributed by atoms with van der Waals surface area (Å²) in [5, 5.41) is 0.372. The molecule has 1 atom stereocenters. The van der Waals surface area contributed by atoms with Gasteiger partial charge < -0.3 is 10.6 Å². The fourth-order valence-corrected chi connectivity index (χ4v) is 4.03. The molecule has 3 N–H and O–H groups in total. The van der Waals surface area contributed by atoms with Crippen LogP contribution in [0, 0.1) is 6.92 Å². The minimum Gasteiger partial charge on any atom is -0.397 e. The Balaban J connectivity index is 2.16. The first kappa shape index (κ1) is 15.6. The van der Waals surface area contributed by atoms with Gasteiger partial charge in [-0.25, -0.2) is 13.1 Å². The number of rotatable bonds is 4. The smallest absolute Gasteiger partial charge is 0.240 e. The molecule has 112 valence electrons. The van der Waals surface area contributed by atoms with E-state index in [0.717, 1.165) is 19.4 Å². The van der Waals surface area contributed by atoms with E-state index in [2.05, 4.69) is 9.62 Å². The van der Waals surface area contributed by atoms with E-state index in [0.29, 0.717) is 17.1 Å². The SMILES string of the molecule is Cc1cc(Cl)c(N)cc1S(=O)(=O)NCC1CCCN1C. The number of likely N-dealkylation sites (N-methyl/N-ethyl adjacent to an activating group) is 1. The van der Waals surface area contributed by atoms with Crippen LogP contribution in [-0.2, 0) is 10.0 Å². The predicted molar refractivity (Wildman–Crippen MR) is 81.4 cm³/mol. The number of aryl methyl sites for hydroxylation is 1. The summed E-state index contributed by atoms with van der Waals surface area (Å²) in [7, 11) is -1.55. The van der Waals surface area contributed by atoms with Crippen LogP contribution in [0.2, 0.25) is 5.02 Å². The summed E-state index contributed by atoms with van der Waals surface area (Å²) >= 11 is 5.89. The number of sulfonamides is 1. The third-order valence-electron chi connectivity index (χ3n) is 3.76. The quantitative estimate of drug-likeness (QED) is 0.827. The van der Waals surface area contributed by atoms with Crippen molar-refractivity contribution in [2.24, 2.45) is 0 Å². The summed E-state index contributed by atoms with van der Waals surface area (Å²) in [6.07, 6.45) is 2.12. The first-order chi connectivity index (χ1) is 9.31. The Hall–Kier alpha value is -0.820. The van der Waals surface area contributed by atoms with Crippen LogP contribution in [-0.4, -0.2) is 39.5 Å². The second-order valence-electron chi connectivity index (χ2n) is 5.27. The van der Waals surface area contributed by atoms with Gasteiger partial charge in [0.05, 0.1) is 15.6 Å². The maximum absolute atomic E-state index is 12.4. The molecule has 0 radical (unpaired) electrons. The van der Waals surface area contributed by atoms with Gasteiger partial charge in [0.1, 0.15) is 0 Å². The third kappa shape index (κ3) is 3.25. The molecule has 5 nitrogen and oxygen atoms in total. The molecule has 0 spiro atoms. The molecule has 0 bridgehead atoms. The number of likely N-dealkylation sites (tertiary alicyclic amines) is 1. The van der Waals surface area contributed by atoms with Crippen molar-refractivity contribution in [2.75, 3.05) is 25.9 Å². The molecule has 1 aromatic rings. The Bertz CT molecular complexity index is 604. The van der Waals surface area contributed by atoms with Crippen LogP contribution >= 0.6 is 11.6 Å². The highest BCUT2D eigenvalue weighted by Crippen LogP contribution is 2.26. The highest BCUT2D eigenvalue weighted by Gasteiger charge is 2.24. The molecule has 1 fully saturated rings. The molecule has 0 aliphatic carbocycles. The van der Waals surface area contributed by atoms with Crippen LogP contribution in [0.1, 0.15) is 18.4 Å². The predicted octanol–water partition coefficient (Wildman–Crippen LogP) is 1.60. The number of nitrogens with two attached hydrogens (primary N) is 1. The normalized spacial score (nSPS) is 20.4. The lowest BCUT2D eigenvalue weighted by atomic mass is 10.2. The van der Waals surface area contributed by atoms with E-state index < -0.39 is 10.0 Å². The third-order valence-corrected chi connectivity index (χ3v) is 5.66. The zero-order valence-electron chi connectivity index (χ0n) is 11.7. The fourth-order valence-electron chi connectivity index (χ4n) is 2.48. The summed E-state index contributed by atoms with van der Waals surface area (Å²) < 4.78 is 27.4. The molecular formula is C13H20ClN3O2S. The van der Waals surface area contributed by atoms with Gasteiger partial charge in [-0.15, -0.1) is 0 Å². The van der Waals surface area contributed by atoms with Crippen molar-refractivity contribution in [3.8, 4) is 0 Å². The topological polar surface area (TPSA) is 75.4 Å². The summed E-state index contributed by atoms with van der Waals surface area (Å²) in [6, 6.07) is 3.25. The lowest BCUT2D eigenvalue weighted by Gasteiger charge is -2.20. The summed E-state index contributed by atoms with van der Waals surface area (Å²) in [5.41, 5.74) is 6.56. The number of benzene rings is 1. The maximum Gasteiger partial charge on any atom is 0.240 e. The van der Waals surface area contributed by atoms with Crippen molar-refractivity contribution in [3.63, 3.8) is 0 Å². The molecule has 1 aromatic carbocycles. The van der Waals surface area contributed by atoms with Gasteiger partial charge in [0, 0.05) is 12.6 Å². The number of anilines is 1. The molecule has 1 unspecified atom stereocenters. The Morgan fingerprint density at radius 1 is 1.50 bits per heavy atom. The van der Waals surface area contributed by atoms with Crippen LogP contribution in [0.3, 0.4) is 0 Å². The zero-order valence-corrected chi connectivity index (χ0v) is 13.3. The second-order valence-corrected chi connectivity index (χ2v) is 7.41. The Kier molecular flexibility index (Phi) is 4.59. The van der Waals surface area contributed by atoms with Crippen molar-refractivity contribution in [2.45, 2.75) is 30.7 Å². The Morgan fingerprint density at radius 3 is 2.80 bits per heavy atom. The average molecular weight is 318 g/mol. The van der Waals surface area contributed by atoms with Crippen molar-refractivity contribution >= 4 is 27.3 Å². The molecule has 1 aliphatic rings.